The molecule has 2 heterocycles. The molecule has 2 N–H and O–H groups in total. The molecule has 0 amide bonds. The minimum absolute atomic E-state index is 0.112. The van der Waals surface area contributed by atoms with Crippen LogP contribution in [0.5, 0.6) is 5.75 Å². The second kappa shape index (κ2) is 5.85. The lowest BCUT2D eigenvalue weighted by Gasteiger charge is -2.23. The maximum absolute atomic E-state index is 5.82. The molecule has 0 radical (unpaired) electrons. The molecule has 2 unspecified atom stereocenters. The maximum atomic E-state index is 5.82. The van der Waals surface area contributed by atoms with Gasteiger partial charge in [0.15, 0.2) is 5.82 Å². The summed E-state index contributed by atoms with van der Waals surface area (Å²) in [6.07, 6.45) is 0.866. The molecule has 0 spiro atoms. The van der Waals surface area contributed by atoms with Gasteiger partial charge < -0.3 is 15.0 Å². The Morgan fingerprint density at radius 3 is 2.90 bits per heavy atom. The van der Waals surface area contributed by atoms with E-state index in [1.807, 2.05) is 18.2 Å². The van der Waals surface area contributed by atoms with Crippen LogP contribution >= 0.6 is 0 Å². The van der Waals surface area contributed by atoms with Crippen LogP contribution in [0.15, 0.2) is 28.8 Å². The molecular weight excluding hydrogens is 266 g/mol. The normalized spacial score (nSPS) is 19.1. The van der Waals surface area contributed by atoms with Crippen LogP contribution in [-0.4, -0.2) is 23.3 Å². The monoisotopic (exact) mass is 287 g/mol. The van der Waals surface area contributed by atoms with Gasteiger partial charge in [0.25, 0.3) is 0 Å². The largest absolute Gasteiger partial charge is 0.493 e. The Bertz CT molecular complexity index is 609. The first kappa shape index (κ1) is 14.1. The number of nitrogens with two attached hydrogens (primary N) is 1. The molecule has 0 saturated heterocycles. The molecule has 2 aromatic rings. The van der Waals surface area contributed by atoms with E-state index in [-0.39, 0.29) is 11.8 Å². The Hall–Kier alpha value is -1.88. The molecule has 2 atom stereocenters. The molecule has 1 aromatic carbocycles. The summed E-state index contributed by atoms with van der Waals surface area (Å²) in [4.78, 5) is 4.61. The molecule has 0 bridgehead atoms. The lowest BCUT2D eigenvalue weighted by atomic mass is 9.92. The molecule has 0 fully saturated rings. The number of aromatic nitrogens is 2. The van der Waals surface area contributed by atoms with E-state index in [2.05, 4.69) is 30.1 Å². The van der Waals surface area contributed by atoms with Gasteiger partial charge in [-0.3, -0.25) is 0 Å². The molecule has 1 aliphatic rings. The van der Waals surface area contributed by atoms with Crippen molar-refractivity contribution in [3.8, 4) is 5.75 Å². The van der Waals surface area contributed by atoms with Crippen molar-refractivity contribution < 1.29 is 9.26 Å². The van der Waals surface area contributed by atoms with E-state index in [1.165, 1.54) is 0 Å². The first-order chi connectivity index (χ1) is 10.2. The van der Waals surface area contributed by atoms with Crippen LogP contribution in [0.25, 0.3) is 0 Å². The number of nitrogens with zero attached hydrogens (tertiary/aromatic N) is 2. The van der Waals surface area contributed by atoms with Gasteiger partial charge in [0.2, 0.25) is 5.89 Å². The van der Waals surface area contributed by atoms with E-state index in [4.69, 9.17) is 15.0 Å². The summed E-state index contributed by atoms with van der Waals surface area (Å²) in [5.41, 5.74) is 6.95. The van der Waals surface area contributed by atoms with Gasteiger partial charge in [0.05, 0.1) is 18.4 Å². The summed E-state index contributed by atoms with van der Waals surface area (Å²) in [5, 5.41) is 4.19. The average Bonchev–Trinajstić information content (AvgIpc) is 2.96. The standard InChI is InChI=1S/C16H21N3O2/c1-10(2)13(9-17)16-18-15(19-21-16)12-7-8-20-14-6-4-3-5-11(12)14/h3-6,10,12-13H,7-9,17H2,1-2H3. The highest BCUT2D eigenvalue weighted by Crippen LogP contribution is 2.37. The Kier molecular flexibility index (Phi) is 3.92. The highest BCUT2D eigenvalue weighted by atomic mass is 16.5. The topological polar surface area (TPSA) is 74.2 Å². The third-order valence-electron chi connectivity index (χ3n) is 4.10. The molecule has 0 aliphatic carbocycles. The molecule has 21 heavy (non-hydrogen) atoms. The highest BCUT2D eigenvalue weighted by molar-refractivity contribution is 5.40. The predicted molar refractivity (Wildman–Crippen MR) is 79.3 cm³/mol. The number of ether oxygens (including phenoxy) is 1. The minimum atomic E-state index is 0.112. The van der Waals surface area contributed by atoms with Crippen LogP contribution in [0.4, 0.5) is 0 Å². The summed E-state index contributed by atoms with van der Waals surface area (Å²) in [6.45, 7) is 5.43. The number of rotatable bonds is 4. The van der Waals surface area contributed by atoms with Gasteiger partial charge in [-0.25, -0.2) is 0 Å². The summed E-state index contributed by atoms with van der Waals surface area (Å²) in [7, 11) is 0. The van der Waals surface area contributed by atoms with Crippen molar-refractivity contribution in [1.29, 1.82) is 0 Å². The number of hydrogen-bond acceptors (Lipinski definition) is 5. The van der Waals surface area contributed by atoms with Crippen LogP contribution in [0, 0.1) is 5.92 Å². The van der Waals surface area contributed by atoms with Crippen LogP contribution in [0.2, 0.25) is 0 Å². The average molecular weight is 287 g/mol. The second-order valence-electron chi connectivity index (χ2n) is 5.80. The lowest BCUT2D eigenvalue weighted by molar-refractivity contribution is 0.271. The van der Waals surface area contributed by atoms with Crippen LogP contribution in [0.3, 0.4) is 0 Å². The summed E-state index contributed by atoms with van der Waals surface area (Å²) >= 11 is 0. The van der Waals surface area contributed by atoms with Gasteiger partial charge in [0, 0.05) is 12.1 Å². The molecule has 112 valence electrons. The third kappa shape index (κ3) is 2.65. The van der Waals surface area contributed by atoms with E-state index in [9.17, 15) is 0 Å². The van der Waals surface area contributed by atoms with Crippen LogP contribution in [0.1, 0.15) is 49.4 Å². The molecule has 5 nitrogen and oxygen atoms in total. The molecular formula is C16H21N3O2. The highest BCUT2D eigenvalue weighted by Gasteiger charge is 2.29. The van der Waals surface area contributed by atoms with Gasteiger partial charge in [-0.15, -0.1) is 0 Å². The molecule has 0 saturated carbocycles. The van der Waals surface area contributed by atoms with E-state index < -0.39 is 0 Å². The Balaban J connectivity index is 1.91. The van der Waals surface area contributed by atoms with Crippen molar-refractivity contribution in [2.24, 2.45) is 11.7 Å². The van der Waals surface area contributed by atoms with Crippen LogP contribution < -0.4 is 10.5 Å². The Morgan fingerprint density at radius 2 is 2.14 bits per heavy atom. The summed E-state index contributed by atoms with van der Waals surface area (Å²) in [6, 6.07) is 8.04. The molecule has 5 heteroatoms. The Labute approximate surface area is 124 Å². The van der Waals surface area contributed by atoms with Gasteiger partial charge in [-0.1, -0.05) is 37.2 Å². The zero-order valence-electron chi connectivity index (χ0n) is 12.5. The first-order valence-corrected chi connectivity index (χ1v) is 7.46. The number of para-hydroxylation sites is 1. The first-order valence-electron chi connectivity index (χ1n) is 7.46. The zero-order valence-corrected chi connectivity index (χ0v) is 12.5. The fourth-order valence-corrected chi connectivity index (χ4v) is 2.81. The van der Waals surface area contributed by atoms with E-state index >= 15 is 0 Å². The SMILES string of the molecule is CC(C)C(CN)c1nc(C2CCOc3ccccc32)no1. The van der Waals surface area contributed by atoms with Gasteiger partial charge in [-0.05, 0) is 18.4 Å². The number of fused-ring (bicyclic) bond motifs is 1. The van der Waals surface area contributed by atoms with Crippen molar-refractivity contribution >= 4 is 0 Å². The minimum Gasteiger partial charge on any atom is -0.493 e. The van der Waals surface area contributed by atoms with E-state index in [0.717, 1.165) is 23.6 Å². The second-order valence-corrected chi connectivity index (χ2v) is 5.80. The van der Waals surface area contributed by atoms with E-state index in [0.29, 0.717) is 25.0 Å². The van der Waals surface area contributed by atoms with Crippen molar-refractivity contribution in [1.82, 2.24) is 10.1 Å². The van der Waals surface area contributed by atoms with Crippen molar-refractivity contribution in [2.75, 3.05) is 13.2 Å². The fourth-order valence-electron chi connectivity index (χ4n) is 2.81. The number of benzene rings is 1. The van der Waals surface area contributed by atoms with Crippen LogP contribution in [-0.2, 0) is 0 Å². The fraction of sp³-hybridized carbons (Fsp3) is 0.500. The molecule has 1 aromatic heterocycles. The van der Waals surface area contributed by atoms with E-state index in [1.54, 1.807) is 0 Å². The summed E-state index contributed by atoms with van der Waals surface area (Å²) in [5.74, 6) is 2.93. The molecule has 3 rings (SSSR count). The van der Waals surface area contributed by atoms with Gasteiger partial charge in [-0.2, -0.15) is 4.98 Å². The maximum Gasteiger partial charge on any atom is 0.231 e. The third-order valence-corrected chi connectivity index (χ3v) is 4.10. The lowest BCUT2D eigenvalue weighted by Crippen LogP contribution is -2.19. The molecule has 1 aliphatic heterocycles. The zero-order chi connectivity index (χ0) is 14.8. The summed E-state index contributed by atoms with van der Waals surface area (Å²) < 4.78 is 11.1. The quantitative estimate of drug-likeness (QED) is 0.935. The predicted octanol–water partition coefficient (Wildman–Crippen LogP) is 2.68. The van der Waals surface area contributed by atoms with Gasteiger partial charge >= 0.3 is 0 Å². The smallest absolute Gasteiger partial charge is 0.231 e. The number of hydrogen-bond donors (Lipinski definition) is 1. The van der Waals surface area contributed by atoms with Crippen molar-refractivity contribution in [3.63, 3.8) is 0 Å². The van der Waals surface area contributed by atoms with Crippen molar-refractivity contribution in [2.45, 2.75) is 32.1 Å². The van der Waals surface area contributed by atoms with Crippen molar-refractivity contribution in [3.05, 3.63) is 41.5 Å². The van der Waals surface area contributed by atoms with Gasteiger partial charge in [0.1, 0.15) is 5.75 Å². The Morgan fingerprint density at radius 1 is 1.33 bits per heavy atom.